The molecule has 14 heteroatoms. The van der Waals surface area contributed by atoms with E-state index >= 15 is 0 Å². The van der Waals surface area contributed by atoms with Crippen LogP contribution >= 0.6 is 0 Å². The number of rotatable bonds is 6. The number of carboxylic acids is 1. The average molecular weight is 386 g/mol. The Hall–Kier alpha value is -3.42. The number of nitrogens with one attached hydrogen (secondary N) is 2. The summed E-state index contributed by atoms with van der Waals surface area (Å²) in [6.45, 7) is 0. The van der Waals surface area contributed by atoms with Crippen molar-refractivity contribution in [2.45, 2.75) is 5.03 Å². The van der Waals surface area contributed by atoms with E-state index in [0.717, 1.165) is 10.7 Å². The zero-order chi connectivity index (χ0) is 19.5. The van der Waals surface area contributed by atoms with Gasteiger partial charge in [0, 0.05) is 13.1 Å². The van der Waals surface area contributed by atoms with Gasteiger partial charge in [0.2, 0.25) is 17.7 Å². The van der Waals surface area contributed by atoms with Crippen LogP contribution in [0.5, 0.6) is 11.8 Å². The predicted molar refractivity (Wildman–Crippen MR) is 84.6 cm³/mol. The zero-order valence-corrected chi connectivity index (χ0v) is 14.6. The van der Waals surface area contributed by atoms with Crippen molar-refractivity contribution in [2.75, 3.05) is 19.5 Å². The number of hydrogen-bond donors (Lipinski definition) is 3. The molecule has 2 aromatic rings. The van der Waals surface area contributed by atoms with Crippen LogP contribution in [0.15, 0.2) is 17.2 Å². The first-order chi connectivity index (χ1) is 12.2. The van der Waals surface area contributed by atoms with Crippen LogP contribution in [-0.4, -0.2) is 59.5 Å². The van der Waals surface area contributed by atoms with Crippen LogP contribution in [0.2, 0.25) is 0 Å². The summed E-state index contributed by atoms with van der Waals surface area (Å²) >= 11 is 0. The van der Waals surface area contributed by atoms with Crippen molar-refractivity contribution >= 4 is 28.0 Å². The van der Waals surface area contributed by atoms with Gasteiger partial charge in [-0.3, -0.25) is 10.00 Å². The minimum atomic E-state index is -4.40. The third-order valence-electron chi connectivity index (χ3n) is 2.88. The van der Waals surface area contributed by atoms with E-state index < -0.39 is 32.7 Å². The normalized spacial score (nSPS) is 10.9. The number of amides is 2. The smallest absolute Gasteiger partial charge is 0.356 e. The fourth-order valence-corrected chi connectivity index (χ4v) is 2.83. The molecule has 0 fully saturated rings. The highest BCUT2D eigenvalue weighted by atomic mass is 32.2. The number of hydrogen-bond acceptors (Lipinski definition) is 9. The van der Waals surface area contributed by atoms with E-state index in [1.807, 2.05) is 0 Å². The lowest BCUT2D eigenvalue weighted by Crippen LogP contribution is -2.35. The maximum atomic E-state index is 12.2. The summed E-state index contributed by atoms with van der Waals surface area (Å²) in [5.74, 6) is -1.53. The van der Waals surface area contributed by atoms with E-state index in [0.29, 0.717) is 0 Å². The molecule has 2 amide bonds. The molecule has 3 N–H and O–H groups in total. The maximum absolute atomic E-state index is 12.2. The van der Waals surface area contributed by atoms with E-state index in [9.17, 15) is 18.0 Å². The van der Waals surface area contributed by atoms with Crippen LogP contribution in [0.1, 0.15) is 10.5 Å². The molecule has 0 aliphatic rings. The summed E-state index contributed by atoms with van der Waals surface area (Å²) in [5.41, 5.74) is -0.492. The monoisotopic (exact) mass is 386 g/mol. The third-order valence-corrected chi connectivity index (χ3v) is 4.27. The summed E-state index contributed by atoms with van der Waals surface area (Å²) < 4.78 is 36.7. The largest absolute Gasteiger partial charge is 0.481 e. The highest BCUT2D eigenvalue weighted by Crippen LogP contribution is 2.17. The number of sulfonamides is 1. The Labute approximate surface area is 147 Å². The standard InChI is InChI=1S/C12H14N6O7S/c1-18-9(4-6(16-18)10(19)20)26(22,23)17-12(21)15-11-13-7(24-2)5-8(14-11)25-3/h4-5H,1-3H3,(H,19,20)(H2,13,14,15,17,21). The van der Waals surface area contributed by atoms with Gasteiger partial charge in [-0.2, -0.15) is 23.5 Å². The van der Waals surface area contributed by atoms with Gasteiger partial charge in [-0.25, -0.2) is 14.3 Å². The topological polar surface area (TPSA) is 175 Å². The molecule has 26 heavy (non-hydrogen) atoms. The Morgan fingerprint density at radius 2 is 1.73 bits per heavy atom. The third kappa shape index (κ3) is 4.15. The van der Waals surface area contributed by atoms with Gasteiger partial charge in [-0.05, 0) is 0 Å². The van der Waals surface area contributed by atoms with Crippen LogP contribution in [-0.2, 0) is 17.1 Å². The molecule has 0 aliphatic heterocycles. The molecule has 140 valence electrons. The van der Waals surface area contributed by atoms with Crippen molar-refractivity contribution in [3.8, 4) is 11.8 Å². The molecular weight excluding hydrogens is 372 g/mol. The van der Waals surface area contributed by atoms with Gasteiger partial charge in [0.1, 0.15) is 0 Å². The number of carbonyl (C=O) groups is 2. The molecule has 0 radical (unpaired) electrons. The second kappa shape index (κ2) is 7.22. The number of nitrogens with zero attached hydrogens (tertiary/aromatic N) is 4. The van der Waals surface area contributed by atoms with Crippen molar-refractivity contribution in [1.29, 1.82) is 0 Å². The molecule has 0 unspecified atom stereocenters. The number of carbonyl (C=O) groups excluding carboxylic acids is 1. The lowest BCUT2D eigenvalue weighted by atomic mass is 10.4. The maximum Gasteiger partial charge on any atom is 0.356 e. The molecule has 0 saturated heterocycles. The molecule has 13 nitrogen and oxygen atoms in total. The molecule has 0 aromatic carbocycles. The van der Waals surface area contributed by atoms with Crippen LogP contribution in [0.4, 0.5) is 10.7 Å². The molecule has 0 saturated carbocycles. The number of methoxy groups -OCH3 is 2. The molecule has 0 atom stereocenters. The SMILES string of the molecule is COc1cc(OC)nc(NC(=O)NS(=O)(=O)c2cc(C(=O)O)nn2C)n1. The summed E-state index contributed by atoms with van der Waals surface area (Å²) in [7, 11) is -0.516. The molecule has 2 rings (SSSR count). The van der Waals surface area contributed by atoms with Crippen LogP contribution in [0.3, 0.4) is 0 Å². The van der Waals surface area contributed by atoms with Gasteiger partial charge in [-0.15, -0.1) is 0 Å². The second-order valence-electron chi connectivity index (χ2n) is 4.63. The predicted octanol–water partition coefficient (Wildman–Crippen LogP) is -0.564. The Balaban J connectivity index is 2.20. The molecule has 2 aromatic heterocycles. The van der Waals surface area contributed by atoms with Crippen LogP contribution in [0.25, 0.3) is 0 Å². The van der Waals surface area contributed by atoms with E-state index in [2.05, 4.69) is 20.4 Å². The molecule has 0 aliphatic carbocycles. The fourth-order valence-electron chi connectivity index (χ4n) is 1.78. The second-order valence-corrected chi connectivity index (χ2v) is 6.26. The first kappa shape index (κ1) is 18.9. The molecule has 0 bridgehead atoms. The number of anilines is 1. The van der Waals surface area contributed by atoms with Crippen molar-refractivity contribution in [3.05, 3.63) is 17.8 Å². The first-order valence-corrected chi connectivity index (χ1v) is 8.22. The summed E-state index contributed by atoms with van der Waals surface area (Å²) in [6, 6.07) is 0.977. The minimum Gasteiger partial charge on any atom is -0.481 e. The number of aromatic carboxylic acids is 1. The zero-order valence-electron chi connectivity index (χ0n) is 13.7. The van der Waals surface area contributed by atoms with Crippen molar-refractivity contribution < 1.29 is 32.6 Å². The number of urea groups is 1. The highest BCUT2D eigenvalue weighted by molar-refractivity contribution is 7.90. The van der Waals surface area contributed by atoms with Gasteiger partial charge >= 0.3 is 12.0 Å². The lowest BCUT2D eigenvalue weighted by molar-refractivity contribution is 0.0689. The fraction of sp³-hybridized carbons (Fsp3) is 0.250. The van der Waals surface area contributed by atoms with E-state index in [4.69, 9.17) is 14.6 Å². The number of aromatic nitrogens is 4. The summed E-state index contributed by atoms with van der Waals surface area (Å²) in [6.07, 6.45) is 0. The minimum absolute atomic E-state index is 0.0766. The van der Waals surface area contributed by atoms with Crippen molar-refractivity contribution in [1.82, 2.24) is 24.5 Å². The van der Waals surface area contributed by atoms with Crippen molar-refractivity contribution in [2.24, 2.45) is 7.05 Å². The van der Waals surface area contributed by atoms with Gasteiger partial charge in [0.25, 0.3) is 10.0 Å². The highest BCUT2D eigenvalue weighted by Gasteiger charge is 2.25. The number of carboxylic acid groups (broad SMARTS) is 1. The quantitative estimate of drug-likeness (QED) is 0.583. The summed E-state index contributed by atoms with van der Waals surface area (Å²) in [5, 5.41) is 14.0. The van der Waals surface area contributed by atoms with Crippen LogP contribution in [0, 0.1) is 0 Å². The van der Waals surface area contributed by atoms with E-state index in [1.54, 1.807) is 4.72 Å². The number of aryl methyl sites for hydroxylation is 1. The van der Waals surface area contributed by atoms with Gasteiger partial charge < -0.3 is 14.6 Å². The Kier molecular flexibility index (Phi) is 5.25. The molecular formula is C12H14N6O7S. The Morgan fingerprint density at radius 3 is 2.19 bits per heavy atom. The molecule has 2 heterocycles. The summed E-state index contributed by atoms with van der Waals surface area (Å²) in [4.78, 5) is 30.4. The van der Waals surface area contributed by atoms with E-state index in [1.165, 1.54) is 27.3 Å². The van der Waals surface area contributed by atoms with E-state index in [-0.39, 0.29) is 17.7 Å². The van der Waals surface area contributed by atoms with Gasteiger partial charge in [-0.1, -0.05) is 0 Å². The average Bonchev–Trinajstić information content (AvgIpc) is 2.96. The van der Waals surface area contributed by atoms with Gasteiger partial charge in [0.15, 0.2) is 10.7 Å². The van der Waals surface area contributed by atoms with Crippen LogP contribution < -0.4 is 19.5 Å². The van der Waals surface area contributed by atoms with Crippen molar-refractivity contribution in [3.63, 3.8) is 0 Å². The first-order valence-electron chi connectivity index (χ1n) is 6.74. The van der Waals surface area contributed by atoms with Gasteiger partial charge in [0.05, 0.1) is 20.3 Å². The number of ether oxygens (including phenoxy) is 2. The Morgan fingerprint density at radius 1 is 1.15 bits per heavy atom. The Bertz CT molecular complexity index is 933. The molecule has 0 spiro atoms. The lowest BCUT2D eigenvalue weighted by Gasteiger charge is -2.09.